The van der Waals surface area contributed by atoms with Gasteiger partial charge in [0, 0.05) is 25.7 Å². The summed E-state index contributed by atoms with van der Waals surface area (Å²) in [5.74, 6) is -1.28. The molecule has 0 unspecified atom stereocenters. The molecule has 1 aliphatic rings. The first-order valence-electron chi connectivity index (χ1n) is 15.6. The minimum absolute atomic E-state index is 0.281. The Morgan fingerprint density at radius 2 is 1.33 bits per heavy atom. The summed E-state index contributed by atoms with van der Waals surface area (Å²) < 4.78 is 26.4. The molecule has 0 N–H and O–H groups in total. The van der Waals surface area contributed by atoms with Crippen molar-refractivity contribution in [1.29, 1.82) is 0 Å². The molecule has 3 aromatic carbocycles. The van der Waals surface area contributed by atoms with E-state index in [9.17, 15) is 14.4 Å². The quantitative estimate of drug-likeness (QED) is 0.149. The Bertz CT molecular complexity index is 2120. The molecule has 4 heterocycles. The zero-order valence-corrected chi connectivity index (χ0v) is 26.6. The van der Waals surface area contributed by atoms with Crippen LogP contribution in [0.5, 0.6) is 0 Å². The molecule has 4 atom stereocenters. The van der Waals surface area contributed by atoms with Gasteiger partial charge >= 0.3 is 17.9 Å². The highest BCUT2D eigenvalue weighted by atomic mass is 16.7. The molecule has 0 amide bonds. The van der Waals surface area contributed by atoms with Crippen molar-refractivity contribution in [3.05, 3.63) is 132 Å². The van der Waals surface area contributed by atoms with Crippen molar-refractivity contribution < 1.29 is 33.3 Å². The molecule has 1 saturated heterocycles. The third kappa shape index (κ3) is 6.17. The van der Waals surface area contributed by atoms with Crippen LogP contribution in [-0.4, -0.2) is 76.4 Å². The van der Waals surface area contributed by atoms with E-state index >= 15 is 0 Å². The van der Waals surface area contributed by atoms with Crippen molar-refractivity contribution in [2.24, 2.45) is 0 Å². The molecule has 0 bridgehead atoms. The topological polar surface area (TPSA) is 135 Å². The first-order chi connectivity index (χ1) is 23.9. The van der Waals surface area contributed by atoms with Gasteiger partial charge < -0.3 is 23.8 Å². The second-order valence-corrected chi connectivity index (χ2v) is 11.6. The maximum absolute atomic E-state index is 13.7. The largest absolute Gasteiger partial charge is 0.459 e. The summed E-state index contributed by atoms with van der Waals surface area (Å²) in [6.45, 7) is -0.316. The molecule has 6 aromatic rings. The fourth-order valence-electron chi connectivity index (χ4n) is 5.96. The van der Waals surface area contributed by atoms with E-state index in [1.54, 1.807) is 108 Å². The molecule has 12 nitrogen and oxygen atoms in total. The number of anilines is 1. The van der Waals surface area contributed by atoms with Crippen molar-refractivity contribution >= 4 is 45.7 Å². The lowest BCUT2D eigenvalue weighted by Gasteiger charge is -2.25. The second-order valence-electron chi connectivity index (χ2n) is 11.6. The maximum Gasteiger partial charge on any atom is 0.338 e. The first-order valence-corrected chi connectivity index (χ1v) is 15.6. The summed E-state index contributed by atoms with van der Waals surface area (Å²) in [6, 6.07) is 27.2. The Labute approximate surface area is 280 Å². The monoisotopic (exact) mass is 657 g/mol. The maximum atomic E-state index is 13.7. The third-order valence-electron chi connectivity index (χ3n) is 8.22. The van der Waals surface area contributed by atoms with Crippen LogP contribution in [0.25, 0.3) is 21.9 Å². The SMILES string of the molecule is CN(C)c1ncnc2c1c1ccncc1n2[C@@H]1O[C@H](COC(=O)c2ccccc2)[C@@H](OC(=O)c2ccccc2)[C@H]1OC(=O)c1ccccc1. The highest BCUT2D eigenvalue weighted by Crippen LogP contribution is 2.42. The van der Waals surface area contributed by atoms with Gasteiger partial charge in [0.2, 0.25) is 0 Å². The zero-order chi connectivity index (χ0) is 33.9. The fraction of sp³-hybridized carbons (Fsp3) is 0.189. The van der Waals surface area contributed by atoms with E-state index in [1.165, 1.54) is 6.33 Å². The molecule has 0 aliphatic carbocycles. The molecular formula is C37H31N5O7. The van der Waals surface area contributed by atoms with Crippen LogP contribution in [0.1, 0.15) is 37.3 Å². The van der Waals surface area contributed by atoms with Crippen LogP contribution in [0.2, 0.25) is 0 Å². The fourth-order valence-corrected chi connectivity index (χ4v) is 5.96. The van der Waals surface area contributed by atoms with Crippen molar-refractivity contribution in [3.63, 3.8) is 0 Å². The number of esters is 3. The van der Waals surface area contributed by atoms with E-state index < -0.39 is 42.4 Å². The van der Waals surface area contributed by atoms with Crippen LogP contribution in [0.4, 0.5) is 5.82 Å². The molecule has 3 aromatic heterocycles. The standard InChI is InChI=1S/C37H31N5O7/c1-41(2)32-29-26-18-19-38-20-27(26)42(33(29)40-22-39-32)34-31(49-37(45)25-16-10-5-11-17-25)30(48-36(44)24-14-8-4-9-15-24)28(47-34)21-46-35(43)23-12-6-3-7-13-23/h3-20,22,28,30-31,34H,21H2,1-2H3/t28-,30-,31-,34-/m1/s1. The lowest BCUT2D eigenvalue weighted by Crippen LogP contribution is -2.41. The third-order valence-corrected chi connectivity index (χ3v) is 8.22. The van der Waals surface area contributed by atoms with Gasteiger partial charge in [0.05, 0.1) is 33.8 Å². The molecule has 1 fully saturated rings. The van der Waals surface area contributed by atoms with Crippen LogP contribution in [0, 0.1) is 0 Å². The lowest BCUT2D eigenvalue weighted by atomic mass is 10.1. The summed E-state index contributed by atoms with van der Waals surface area (Å²) >= 11 is 0. The predicted molar refractivity (Wildman–Crippen MR) is 179 cm³/mol. The van der Waals surface area contributed by atoms with Gasteiger partial charge in [0.25, 0.3) is 0 Å². The number of hydrogen-bond acceptors (Lipinski definition) is 11. The van der Waals surface area contributed by atoms with Crippen LogP contribution in [-0.2, 0) is 18.9 Å². The van der Waals surface area contributed by atoms with Gasteiger partial charge in [-0.15, -0.1) is 0 Å². The number of fused-ring (bicyclic) bond motifs is 3. The summed E-state index contributed by atoms with van der Waals surface area (Å²) in [5.41, 5.74) is 1.99. The minimum atomic E-state index is -1.22. The summed E-state index contributed by atoms with van der Waals surface area (Å²) in [4.78, 5) is 55.7. The van der Waals surface area contributed by atoms with Gasteiger partial charge in [-0.2, -0.15) is 0 Å². The Morgan fingerprint density at radius 3 is 1.92 bits per heavy atom. The molecule has 0 radical (unpaired) electrons. The van der Waals surface area contributed by atoms with E-state index in [1.807, 2.05) is 25.1 Å². The van der Waals surface area contributed by atoms with Crippen LogP contribution in [0.15, 0.2) is 116 Å². The predicted octanol–water partition coefficient (Wildman–Crippen LogP) is 5.25. The normalized spacial score (nSPS) is 18.7. The van der Waals surface area contributed by atoms with Crippen molar-refractivity contribution in [1.82, 2.24) is 19.5 Å². The Morgan fingerprint density at radius 1 is 0.755 bits per heavy atom. The van der Waals surface area contributed by atoms with Crippen molar-refractivity contribution in [3.8, 4) is 0 Å². The smallest absolute Gasteiger partial charge is 0.338 e. The molecule has 12 heteroatoms. The molecule has 246 valence electrons. The average Bonchev–Trinajstić information content (AvgIpc) is 3.65. The molecule has 0 saturated carbocycles. The highest BCUT2D eigenvalue weighted by Gasteiger charge is 2.52. The minimum Gasteiger partial charge on any atom is -0.459 e. The van der Waals surface area contributed by atoms with Crippen molar-refractivity contribution in [2.75, 3.05) is 25.6 Å². The van der Waals surface area contributed by atoms with Gasteiger partial charge in [0.15, 0.2) is 18.4 Å². The van der Waals surface area contributed by atoms with E-state index in [0.29, 0.717) is 22.5 Å². The number of benzene rings is 3. The second kappa shape index (κ2) is 13.5. The molecule has 1 aliphatic heterocycles. The molecule has 7 rings (SSSR count). The van der Waals surface area contributed by atoms with Gasteiger partial charge in [-0.1, -0.05) is 54.6 Å². The lowest BCUT2D eigenvalue weighted by molar-refractivity contribution is -0.0588. The van der Waals surface area contributed by atoms with Gasteiger partial charge in [-0.3, -0.25) is 9.55 Å². The highest BCUT2D eigenvalue weighted by molar-refractivity contribution is 6.11. The van der Waals surface area contributed by atoms with Gasteiger partial charge in [-0.05, 0) is 42.5 Å². The van der Waals surface area contributed by atoms with E-state index in [2.05, 4.69) is 15.0 Å². The van der Waals surface area contributed by atoms with Gasteiger partial charge in [-0.25, -0.2) is 24.4 Å². The number of pyridine rings is 1. The number of hydrogen-bond donors (Lipinski definition) is 0. The number of carbonyl (C=O) groups is 3. The number of carbonyl (C=O) groups excluding carboxylic acids is 3. The molecular weight excluding hydrogens is 626 g/mol. The van der Waals surface area contributed by atoms with Crippen LogP contribution in [0.3, 0.4) is 0 Å². The summed E-state index contributed by atoms with van der Waals surface area (Å²) in [6.07, 6.45) is 0.160. The first kappa shape index (κ1) is 31.5. The number of nitrogens with zero attached hydrogens (tertiary/aromatic N) is 5. The van der Waals surface area contributed by atoms with E-state index in [-0.39, 0.29) is 17.7 Å². The number of ether oxygens (including phenoxy) is 4. The average molecular weight is 658 g/mol. The number of aromatic nitrogens is 4. The molecule has 0 spiro atoms. The van der Waals surface area contributed by atoms with E-state index in [0.717, 1.165) is 10.8 Å². The van der Waals surface area contributed by atoms with E-state index in [4.69, 9.17) is 18.9 Å². The number of rotatable bonds is 9. The molecule has 49 heavy (non-hydrogen) atoms. The van der Waals surface area contributed by atoms with Gasteiger partial charge in [0.1, 0.15) is 30.5 Å². The van der Waals surface area contributed by atoms with Crippen LogP contribution < -0.4 is 4.90 Å². The van der Waals surface area contributed by atoms with Crippen LogP contribution >= 0.6 is 0 Å². The Balaban J connectivity index is 1.35. The Hall–Kier alpha value is -6.14. The summed E-state index contributed by atoms with van der Waals surface area (Å²) in [7, 11) is 3.75. The van der Waals surface area contributed by atoms with Crippen molar-refractivity contribution in [2.45, 2.75) is 24.5 Å². The zero-order valence-electron chi connectivity index (χ0n) is 26.6. The summed E-state index contributed by atoms with van der Waals surface area (Å²) in [5, 5.41) is 1.50. The Kier molecular flexibility index (Phi) is 8.69.